The number of halogens is 2. The predicted molar refractivity (Wildman–Crippen MR) is 73.6 cm³/mol. The number of sulfone groups is 1. The van der Waals surface area contributed by atoms with Crippen molar-refractivity contribution >= 4 is 15.6 Å². The Morgan fingerprint density at radius 1 is 1.00 bits per heavy atom. The minimum Gasteiger partial charge on any atom is -0.298 e. The van der Waals surface area contributed by atoms with E-state index in [9.17, 15) is 22.0 Å². The van der Waals surface area contributed by atoms with Crippen LogP contribution in [-0.2, 0) is 21.1 Å². The summed E-state index contributed by atoms with van der Waals surface area (Å²) < 4.78 is 50.2. The molecule has 2 rings (SSSR count). The van der Waals surface area contributed by atoms with Crippen LogP contribution >= 0.6 is 0 Å². The van der Waals surface area contributed by atoms with E-state index in [-0.39, 0.29) is 6.42 Å². The summed E-state index contributed by atoms with van der Waals surface area (Å²) in [7, 11) is -4.12. The third-order valence-corrected chi connectivity index (χ3v) is 4.53. The first-order valence-corrected chi connectivity index (χ1v) is 7.77. The number of Topliss-reactive ketones (excluding diaryl/α,β-unsaturated/α-hetero) is 1. The highest BCUT2D eigenvalue weighted by molar-refractivity contribution is 7.92. The second kappa shape index (κ2) is 6.13. The molecule has 0 aromatic heterocycles. The Bertz CT molecular complexity index is 756. The van der Waals surface area contributed by atoms with Crippen molar-refractivity contribution in [2.75, 3.05) is 5.75 Å². The van der Waals surface area contributed by atoms with Gasteiger partial charge in [0, 0.05) is 12.5 Å². The molecule has 0 aliphatic carbocycles. The summed E-state index contributed by atoms with van der Waals surface area (Å²) in [5, 5.41) is 0. The van der Waals surface area contributed by atoms with Gasteiger partial charge in [0.2, 0.25) is 0 Å². The van der Waals surface area contributed by atoms with Gasteiger partial charge in [0.25, 0.3) is 0 Å². The van der Waals surface area contributed by atoms with Crippen molar-refractivity contribution in [1.82, 2.24) is 0 Å². The third-order valence-electron chi connectivity index (χ3n) is 2.82. The molecular weight excluding hydrogens is 298 g/mol. The summed E-state index contributed by atoms with van der Waals surface area (Å²) in [6, 6.07) is 10.8. The van der Waals surface area contributed by atoms with E-state index in [0.717, 1.165) is 12.1 Å². The van der Waals surface area contributed by atoms with Crippen LogP contribution in [0.25, 0.3) is 0 Å². The predicted octanol–water partition coefficient (Wildman–Crippen LogP) is 2.55. The van der Waals surface area contributed by atoms with Gasteiger partial charge in [-0.15, -0.1) is 0 Å². The van der Waals surface area contributed by atoms with E-state index < -0.39 is 37.9 Å². The van der Waals surface area contributed by atoms with Gasteiger partial charge >= 0.3 is 0 Å². The third kappa shape index (κ3) is 3.95. The molecule has 2 aromatic carbocycles. The molecule has 110 valence electrons. The molecule has 0 amide bonds. The lowest BCUT2D eigenvalue weighted by molar-refractivity contribution is -0.116. The zero-order chi connectivity index (χ0) is 15.5. The Morgan fingerprint density at radius 2 is 1.67 bits per heavy atom. The zero-order valence-corrected chi connectivity index (χ0v) is 11.7. The molecule has 0 unspecified atom stereocenters. The molecule has 0 aliphatic heterocycles. The fourth-order valence-corrected chi connectivity index (χ4v) is 3.20. The Hall–Kier alpha value is -2.08. The van der Waals surface area contributed by atoms with Crippen LogP contribution in [0.15, 0.2) is 53.4 Å². The fraction of sp³-hybridized carbons (Fsp3) is 0.133. The van der Waals surface area contributed by atoms with Crippen LogP contribution in [0, 0.1) is 11.6 Å². The quantitative estimate of drug-likeness (QED) is 0.798. The van der Waals surface area contributed by atoms with Crippen LogP contribution in [0.5, 0.6) is 0 Å². The second-order valence-corrected chi connectivity index (χ2v) is 6.49. The van der Waals surface area contributed by atoms with E-state index in [1.165, 1.54) is 0 Å². The summed E-state index contributed by atoms with van der Waals surface area (Å²) in [6.45, 7) is 0. The number of carbonyl (C=O) groups is 1. The average molecular weight is 310 g/mol. The molecule has 0 bridgehead atoms. The lowest BCUT2D eigenvalue weighted by Crippen LogP contribution is -2.19. The Balaban J connectivity index is 2.16. The molecule has 6 heteroatoms. The van der Waals surface area contributed by atoms with Gasteiger partial charge in [-0.2, -0.15) is 0 Å². The molecule has 3 nitrogen and oxygen atoms in total. The molecule has 0 radical (unpaired) electrons. The van der Waals surface area contributed by atoms with Crippen molar-refractivity contribution in [2.45, 2.75) is 11.3 Å². The molecule has 0 spiro atoms. The highest BCUT2D eigenvalue weighted by Gasteiger charge is 2.23. The maximum atomic E-state index is 13.5. The first kappa shape index (κ1) is 15.3. The van der Waals surface area contributed by atoms with Crippen LogP contribution in [0.3, 0.4) is 0 Å². The van der Waals surface area contributed by atoms with E-state index in [1.54, 1.807) is 30.3 Å². The van der Waals surface area contributed by atoms with Crippen molar-refractivity contribution in [1.29, 1.82) is 0 Å². The first-order chi connectivity index (χ1) is 9.88. The maximum Gasteiger partial charge on any atom is 0.188 e. The minimum atomic E-state index is -4.12. The van der Waals surface area contributed by atoms with Crippen LogP contribution in [0.4, 0.5) is 8.78 Å². The van der Waals surface area contributed by atoms with Gasteiger partial charge in [-0.25, -0.2) is 17.2 Å². The summed E-state index contributed by atoms with van der Waals surface area (Å²) in [5.74, 6) is -3.43. The highest BCUT2D eigenvalue weighted by atomic mass is 32.2. The molecule has 0 fully saturated rings. The number of carbonyl (C=O) groups excluding carboxylic acids is 1. The van der Waals surface area contributed by atoms with Crippen LogP contribution in [0.1, 0.15) is 5.56 Å². The fourth-order valence-electron chi connectivity index (χ4n) is 1.89. The van der Waals surface area contributed by atoms with E-state index in [2.05, 4.69) is 0 Å². The molecule has 0 heterocycles. The van der Waals surface area contributed by atoms with E-state index in [4.69, 9.17) is 0 Å². The van der Waals surface area contributed by atoms with Crippen molar-refractivity contribution in [3.05, 3.63) is 65.7 Å². The van der Waals surface area contributed by atoms with E-state index in [0.29, 0.717) is 11.6 Å². The lowest BCUT2D eigenvalue weighted by atomic mass is 10.1. The van der Waals surface area contributed by atoms with Crippen molar-refractivity contribution in [3.63, 3.8) is 0 Å². The van der Waals surface area contributed by atoms with Gasteiger partial charge in [0.15, 0.2) is 15.6 Å². The van der Waals surface area contributed by atoms with Gasteiger partial charge in [-0.05, 0) is 17.7 Å². The number of ketones is 1. The van der Waals surface area contributed by atoms with Gasteiger partial charge < -0.3 is 0 Å². The van der Waals surface area contributed by atoms with Gasteiger partial charge in [0.1, 0.15) is 22.3 Å². The summed E-state index contributed by atoms with van der Waals surface area (Å²) in [4.78, 5) is 11.1. The molecule has 21 heavy (non-hydrogen) atoms. The van der Waals surface area contributed by atoms with Crippen molar-refractivity contribution < 1.29 is 22.0 Å². The standard InChI is InChI=1S/C15H12F2O3S/c16-12-6-7-15(14(17)9-12)21(19,20)10-13(18)8-11-4-2-1-3-5-11/h1-7,9H,8,10H2. The number of hydrogen-bond acceptors (Lipinski definition) is 3. The topological polar surface area (TPSA) is 51.2 Å². The lowest BCUT2D eigenvalue weighted by Gasteiger charge is -2.05. The Labute approximate surface area is 121 Å². The largest absolute Gasteiger partial charge is 0.298 e. The Kier molecular flexibility index (Phi) is 4.47. The average Bonchev–Trinajstić information content (AvgIpc) is 2.38. The molecule has 2 aromatic rings. The van der Waals surface area contributed by atoms with Crippen LogP contribution in [0.2, 0.25) is 0 Å². The molecule has 0 aliphatic rings. The van der Waals surface area contributed by atoms with Gasteiger partial charge in [0.05, 0.1) is 0 Å². The van der Waals surface area contributed by atoms with Crippen molar-refractivity contribution in [3.8, 4) is 0 Å². The van der Waals surface area contributed by atoms with Crippen LogP contribution < -0.4 is 0 Å². The number of rotatable bonds is 5. The summed E-state index contributed by atoms with van der Waals surface area (Å²) in [5.41, 5.74) is 0.678. The van der Waals surface area contributed by atoms with Gasteiger partial charge in [-0.3, -0.25) is 4.79 Å². The molecule has 0 saturated carbocycles. The second-order valence-electron chi connectivity index (χ2n) is 4.53. The molecular formula is C15H12F2O3S. The number of benzene rings is 2. The maximum absolute atomic E-state index is 13.5. The van der Waals surface area contributed by atoms with E-state index >= 15 is 0 Å². The van der Waals surface area contributed by atoms with Gasteiger partial charge in [-0.1, -0.05) is 30.3 Å². The number of hydrogen-bond donors (Lipinski definition) is 0. The zero-order valence-electron chi connectivity index (χ0n) is 10.9. The molecule has 0 saturated heterocycles. The monoisotopic (exact) mass is 310 g/mol. The molecule has 0 N–H and O–H groups in total. The Morgan fingerprint density at radius 3 is 2.29 bits per heavy atom. The SMILES string of the molecule is O=C(Cc1ccccc1)CS(=O)(=O)c1ccc(F)cc1F. The summed E-state index contributed by atoms with van der Waals surface area (Å²) in [6.07, 6.45) is -0.0527. The van der Waals surface area contributed by atoms with E-state index in [1.807, 2.05) is 0 Å². The normalized spacial score (nSPS) is 11.3. The smallest absolute Gasteiger partial charge is 0.188 e. The minimum absolute atomic E-state index is 0.0527. The highest BCUT2D eigenvalue weighted by Crippen LogP contribution is 2.17. The van der Waals surface area contributed by atoms with Crippen LogP contribution in [-0.4, -0.2) is 20.0 Å². The summed E-state index contributed by atoms with van der Waals surface area (Å²) >= 11 is 0. The van der Waals surface area contributed by atoms with Crippen molar-refractivity contribution in [2.24, 2.45) is 0 Å². The molecule has 0 atom stereocenters. The first-order valence-electron chi connectivity index (χ1n) is 6.12.